The van der Waals surface area contributed by atoms with Crippen molar-refractivity contribution in [2.75, 3.05) is 14.2 Å². The molecule has 2 heterocycles. The van der Waals surface area contributed by atoms with E-state index in [1.54, 1.807) is 16.9 Å². The minimum atomic E-state index is -4.45. The third kappa shape index (κ3) is 4.28. The van der Waals surface area contributed by atoms with Gasteiger partial charge in [0.15, 0.2) is 6.29 Å². The van der Waals surface area contributed by atoms with Gasteiger partial charge in [-0.15, -0.1) is 0 Å². The molecule has 0 aliphatic heterocycles. The zero-order chi connectivity index (χ0) is 16.2. The fourth-order valence-electron chi connectivity index (χ4n) is 1.95. The molecular formula is C14H16F3N3O2. The molecule has 2 aromatic heterocycles. The van der Waals surface area contributed by atoms with Crippen molar-refractivity contribution in [1.82, 2.24) is 14.8 Å². The first-order chi connectivity index (χ1) is 10.4. The average molecular weight is 315 g/mol. The van der Waals surface area contributed by atoms with E-state index < -0.39 is 18.2 Å². The Bertz CT molecular complexity index is 609. The van der Waals surface area contributed by atoms with Gasteiger partial charge >= 0.3 is 6.18 Å². The molecule has 0 aliphatic carbocycles. The molecule has 0 amide bonds. The highest BCUT2D eigenvalue weighted by molar-refractivity contribution is 5.18. The minimum absolute atomic E-state index is 0.232. The van der Waals surface area contributed by atoms with Crippen LogP contribution in [-0.2, 0) is 28.6 Å². The van der Waals surface area contributed by atoms with Crippen molar-refractivity contribution < 1.29 is 22.6 Å². The monoisotopic (exact) mass is 315 g/mol. The fourth-order valence-corrected chi connectivity index (χ4v) is 1.95. The molecule has 0 aromatic carbocycles. The molecule has 2 aromatic rings. The van der Waals surface area contributed by atoms with E-state index in [1.165, 1.54) is 20.3 Å². The van der Waals surface area contributed by atoms with Crippen LogP contribution in [0.15, 0.2) is 30.6 Å². The predicted molar refractivity (Wildman–Crippen MR) is 72.1 cm³/mol. The van der Waals surface area contributed by atoms with Gasteiger partial charge in [-0.25, -0.2) is 0 Å². The molecule has 0 unspecified atom stereocenters. The number of aromatic nitrogens is 3. The van der Waals surface area contributed by atoms with Gasteiger partial charge in [-0.05, 0) is 23.8 Å². The molecular weight excluding hydrogens is 299 g/mol. The summed E-state index contributed by atoms with van der Waals surface area (Å²) in [4.78, 5) is 3.33. The zero-order valence-corrected chi connectivity index (χ0v) is 12.2. The molecule has 5 nitrogen and oxygen atoms in total. The van der Waals surface area contributed by atoms with Gasteiger partial charge in [0.25, 0.3) is 0 Å². The molecule has 0 fully saturated rings. The number of pyridine rings is 1. The van der Waals surface area contributed by atoms with Gasteiger partial charge in [0.05, 0.1) is 12.2 Å². The molecule has 0 N–H and O–H groups in total. The maximum Gasteiger partial charge on any atom is 0.433 e. The SMILES string of the molecule is COC(Cc1ccn(Cc2ccnc(C(F)(F)F)c2)n1)OC. The van der Waals surface area contributed by atoms with Gasteiger partial charge in [0, 0.05) is 33.0 Å². The number of hydrogen-bond acceptors (Lipinski definition) is 4. The van der Waals surface area contributed by atoms with E-state index in [0.717, 1.165) is 18.0 Å². The first-order valence-electron chi connectivity index (χ1n) is 6.52. The summed E-state index contributed by atoms with van der Waals surface area (Å²) in [5.41, 5.74) is 0.307. The van der Waals surface area contributed by atoms with Crippen LogP contribution >= 0.6 is 0 Å². The topological polar surface area (TPSA) is 49.2 Å². The Hall–Kier alpha value is -1.93. The van der Waals surface area contributed by atoms with Crippen molar-refractivity contribution >= 4 is 0 Å². The lowest BCUT2D eigenvalue weighted by Crippen LogP contribution is -2.16. The van der Waals surface area contributed by atoms with E-state index in [-0.39, 0.29) is 6.54 Å². The van der Waals surface area contributed by atoms with E-state index in [1.807, 2.05) is 0 Å². The standard InChI is InChI=1S/C14H16F3N3O2/c1-21-13(22-2)8-11-4-6-20(19-11)9-10-3-5-18-12(7-10)14(15,16)17/h3-7,13H,8-9H2,1-2H3. The lowest BCUT2D eigenvalue weighted by molar-refractivity contribution is -0.141. The number of alkyl halides is 3. The first kappa shape index (κ1) is 16.4. The highest BCUT2D eigenvalue weighted by atomic mass is 19.4. The van der Waals surface area contributed by atoms with Crippen LogP contribution in [0.5, 0.6) is 0 Å². The summed E-state index contributed by atoms with van der Waals surface area (Å²) in [5, 5.41) is 4.29. The molecule has 0 bridgehead atoms. The first-order valence-corrected chi connectivity index (χ1v) is 6.52. The summed E-state index contributed by atoms with van der Waals surface area (Å²) >= 11 is 0. The summed E-state index contributed by atoms with van der Waals surface area (Å²) in [6, 6.07) is 4.33. The van der Waals surface area contributed by atoms with Crippen LogP contribution in [0.4, 0.5) is 13.2 Å². The van der Waals surface area contributed by atoms with Crippen molar-refractivity contribution in [3.63, 3.8) is 0 Å². The number of nitrogens with zero attached hydrogens (tertiary/aromatic N) is 3. The number of hydrogen-bond donors (Lipinski definition) is 0. The van der Waals surface area contributed by atoms with Crippen LogP contribution in [0.1, 0.15) is 17.0 Å². The lowest BCUT2D eigenvalue weighted by Gasteiger charge is -2.11. The second-order valence-electron chi connectivity index (χ2n) is 4.66. The minimum Gasteiger partial charge on any atom is -0.356 e. The molecule has 8 heteroatoms. The maximum atomic E-state index is 12.6. The number of methoxy groups -OCH3 is 2. The number of halogens is 3. The van der Waals surface area contributed by atoms with E-state index in [0.29, 0.717) is 12.0 Å². The highest BCUT2D eigenvalue weighted by Gasteiger charge is 2.32. The number of rotatable bonds is 6. The quantitative estimate of drug-likeness (QED) is 0.769. The van der Waals surface area contributed by atoms with E-state index in [9.17, 15) is 13.2 Å². The molecule has 120 valence electrons. The van der Waals surface area contributed by atoms with Crippen molar-refractivity contribution in [2.45, 2.75) is 25.4 Å². The normalized spacial score (nSPS) is 12.1. The second kappa shape index (κ2) is 6.89. The molecule has 0 atom stereocenters. The van der Waals surface area contributed by atoms with Gasteiger partial charge in [0.2, 0.25) is 0 Å². The smallest absolute Gasteiger partial charge is 0.356 e. The Morgan fingerprint density at radius 3 is 2.59 bits per heavy atom. The van der Waals surface area contributed by atoms with Gasteiger partial charge in [-0.2, -0.15) is 18.3 Å². The number of ether oxygens (including phenoxy) is 2. The van der Waals surface area contributed by atoms with Gasteiger partial charge in [-0.3, -0.25) is 9.67 Å². The summed E-state index contributed by atoms with van der Waals surface area (Å²) in [7, 11) is 3.06. The largest absolute Gasteiger partial charge is 0.433 e. The summed E-state index contributed by atoms with van der Waals surface area (Å²) in [6.45, 7) is 0.232. The van der Waals surface area contributed by atoms with Crippen LogP contribution in [0, 0.1) is 0 Å². The van der Waals surface area contributed by atoms with Crippen LogP contribution in [0.3, 0.4) is 0 Å². The Balaban J connectivity index is 2.07. The van der Waals surface area contributed by atoms with Gasteiger partial charge in [0.1, 0.15) is 5.69 Å². The fraction of sp³-hybridized carbons (Fsp3) is 0.429. The molecule has 2 rings (SSSR count). The molecule has 0 saturated heterocycles. The summed E-state index contributed by atoms with van der Waals surface area (Å²) in [5.74, 6) is 0. The molecule has 22 heavy (non-hydrogen) atoms. The van der Waals surface area contributed by atoms with Crippen LogP contribution in [-0.4, -0.2) is 35.3 Å². The maximum absolute atomic E-state index is 12.6. The van der Waals surface area contributed by atoms with Crippen LogP contribution in [0.25, 0.3) is 0 Å². The van der Waals surface area contributed by atoms with Crippen molar-refractivity contribution in [3.8, 4) is 0 Å². The third-order valence-electron chi connectivity index (χ3n) is 3.06. The van der Waals surface area contributed by atoms with Crippen molar-refractivity contribution in [3.05, 3.63) is 47.5 Å². The highest BCUT2D eigenvalue weighted by Crippen LogP contribution is 2.27. The third-order valence-corrected chi connectivity index (χ3v) is 3.06. The second-order valence-corrected chi connectivity index (χ2v) is 4.66. The summed E-state index contributed by atoms with van der Waals surface area (Å²) in [6.07, 6.45) is -1.54. The Morgan fingerprint density at radius 1 is 1.23 bits per heavy atom. The molecule has 0 radical (unpaired) electrons. The predicted octanol–water partition coefficient (Wildman–Crippen LogP) is 2.51. The van der Waals surface area contributed by atoms with Crippen molar-refractivity contribution in [2.24, 2.45) is 0 Å². The van der Waals surface area contributed by atoms with E-state index in [4.69, 9.17) is 9.47 Å². The Morgan fingerprint density at radius 2 is 1.95 bits per heavy atom. The zero-order valence-electron chi connectivity index (χ0n) is 12.2. The van der Waals surface area contributed by atoms with Crippen molar-refractivity contribution in [1.29, 1.82) is 0 Å². The van der Waals surface area contributed by atoms with Gasteiger partial charge in [-0.1, -0.05) is 0 Å². The lowest BCUT2D eigenvalue weighted by atomic mass is 10.2. The summed E-state index contributed by atoms with van der Waals surface area (Å²) < 4.78 is 49.6. The van der Waals surface area contributed by atoms with E-state index >= 15 is 0 Å². The molecule has 0 aliphatic rings. The van der Waals surface area contributed by atoms with Crippen LogP contribution in [0.2, 0.25) is 0 Å². The Labute approximate surface area is 125 Å². The van der Waals surface area contributed by atoms with Gasteiger partial charge < -0.3 is 9.47 Å². The van der Waals surface area contributed by atoms with E-state index in [2.05, 4.69) is 10.1 Å². The van der Waals surface area contributed by atoms with Crippen LogP contribution < -0.4 is 0 Å². The molecule has 0 spiro atoms. The Kier molecular flexibility index (Phi) is 5.15. The average Bonchev–Trinajstić information content (AvgIpc) is 2.91. The molecule has 0 saturated carbocycles.